The van der Waals surface area contributed by atoms with Crippen molar-refractivity contribution in [1.29, 1.82) is 0 Å². The second-order valence-corrected chi connectivity index (χ2v) is 3.14. The Morgan fingerprint density at radius 2 is 1.33 bits per heavy atom. The number of H-pyrrole nitrogens is 1. The van der Waals surface area contributed by atoms with Gasteiger partial charge in [0.2, 0.25) is 0 Å². The Hall–Kier alpha value is -2.30. The van der Waals surface area contributed by atoms with Gasteiger partial charge in [0.25, 0.3) is 11.1 Å². The van der Waals surface area contributed by atoms with Gasteiger partial charge in [-0.05, 0) is 12.1 Å². The fraction of sp³-hybridized carbons (Fsp3) is 0. The van der Waals surface area contributed by atoms with Crippen molar-refractivity contribution >= 4 is 21.9 Å². The highest BCUT2D eigenvalue weighted by molar-refractivity contribution is 5.92. The zero-order chi connectivity index (χ0) is 10.4. The lowest BCUT2D eigenvalue weighted by Crippen LogP contribution is -2.05. The van der Waals surface area contributed by atoms with Crippen molar-refractivity contribution in [3.63, 3.8) is 0 Å². The van der Waals surface area contributed by atoms with E-state index in [1.807, 2.05) is 0 Å². The summed E-state index contributed by atoms with van der Waals surface area (Å²) in [5, 5.41) is 0.635. The van der Waals surface area contributed by atoms with Gasteiger partial charge in [-0.15, -0.1) is 0 Å². The van der Waals surface area contributed by atoms with Crippen LogP contribution in [0, 0.1) is 0 Å². The van der Waals surface area contributed by atoms with E-state index in [4.69, 9.17) is 8.83 Å². The van der Waals surface area contributed by atoms with Crippen LogP contribution >= 0.6 is 0 Å². The minimum atomic E-state index is -0.407. The molecule has 0 bridgehead atoms. The topological polar surface area (TPSA) is 76.2 Å². The molecule has 3 aromatic rings. The molecule has 0 amide bonds. The third-order valence-corrected chi connectivity index (χ3v) is 2.25. The van der Waals surface area contributed by atoms with E-state index in [0.29, 0.717) is 21.9 Å². The molecule has 2 aromatic heterocycles. The van der Waals surface area contributed by atoms with E-state index in [1.165, 1.54) is 24.7 Å². The van der Waals surface area contributed by atoms with Crippen molar-refractivity contribution in [2.45, 2.75) is 0 Å². The minimum Gasteiger partial charge on any atom is -0.458 e. The molecule has 3 rings (SSSR count). The quantitative estimate of drug-likeness (QED) is 0.596. The summed E-state index contributed by atoms with van der Waals surface area (Å²) in [7, 11) is 0. The molecule has 2 heterocycles. The molecule has 1 aromatic carbocycles. The Labute approximate surface area is 81.9 Å². The summed E-state index contributed by atoms with van der Waals surface area (Å²) >= 11 is 0. The first-order valence-electron chi connectivity index (χ1n) is 4.28. The van der Waals surface area contributed by atoms with Gasteiger partial charge in [0, 0.05) is 0 Å². The Bertz CT molecular complexity index is 699. The standard InChI is InChI=1S/C10H5NO4/c12-9-5-3-7-8(15-2-1-14-7)4-6(5)10(13)11-9/h1-4H,(H,11,12,13). The van der Waals surface area contributed by atoms with Crippen LogP contribution in [0.4, 0.5) is 0 Å². The summed E-state index contributed by atoms with van der Waals surface area (Å²) in [6.45, 7) is 0. The number of benzene rings is 1. The average molecular weight is 203 g/mol. The summed E-state index contributed by atoms with van der Waals surface area (Å²) in [5.41, 5.74) is 0.0501. The lowest BCUT2D eigenvalue weighted by atomic mass is 10.2. The van der Waals surface area contributed by atoms with Gasteiger partial charge in [0.05, 0.1) is 10.8 Å². The highest BCUT2D eigenvalue weighted by Crippen LogP contribution is 2.17. The zero-order valence-corrected chi connectivity index (χ0v) is 7.44. The van der Waals surface area contributed by atoms with Gasteiger partial charge >= 0.3 is 0 Å². The van der Waals surface area contributed by atoms with Crippen LogP contribution < -0.4 is 11.1 Å². The maximum Gasteiger partial charge on any atom is 0.259 e. The first kappa shape index (κ1) is 8.05. The minimum absolute atomic E-state index is 0.317. The van der Waals surface area contributed by atoms with Crippen LogP contribution in [0.1, 0.15) is 0 Å². The van der Waals surface area contributed by atoms with Gasteiger partial charge in [-0.25, -0.2) is 0 Å². The van der Waals surface area contributed by atoms with Crippen molar-refractivity contribution in [3.8, 4) is 0 Å². The smallest absolute Gasteiger partial charge is 0.259 e. The monoisotopic (exact) mass is 203 g/mol. The SMILES string of the molecule is O=c1[nH]c(=O)c2cc3occoc3cc12. The third kappa shape index (κ3) is 1.03. The van der Waals surface area contributed by atoms with Gasteiger partial charge in [-0.2, -0.15) is 0 Å². The zero-order valence-electron chi connectivity index (χ0n) is 7.44. The summed E-state index contributed by atoms with van der Waals surface area (Å²) in [5.74, 6) is 0. The van der Waals surface area contributed by atoms with Gasteiger partial charge in [0.1, 0.15) is 12.5 Å². The molecule has 74 valence electrons. The Morgan fingerprint density at radius 3 is 1.80 bits per heavy atom. The Kier molecular flexibility index (Phi) is 1.39. The van der Waals surface area contributed by atoms with Crippen molar-refractivity contribution in [3.05, 3.63) is 45.4 Å². The molecule has 0 unspecified atom stereocenters. The van der Waals surface area contributed by atoms with Crippen molar-refractivity contribution < 1.29 is 8.83 Å². The lowest BCUT2D eigenvalue weighted by Gasteiger charge is -1.94. The van der Waals surface area contributed by atoms with E-state index >= 15 is 0 Å². The summed E-state index contributed by atoms with van der Waals surface area (Å²) in [4.78, 5) is 24.8. The molecule has 0 spiro atoms. The van der Waals surface area contributed by atoms with Crippen LogP contribution in [0.2, 0.25) is 0 Å². The molecule has 1 N–H and O–H groups in total. The molecule has 0 aliphatic carbocycles. The first-order valence-corrected chi connectivity index (χ1v) is 4.28. The fourth-order valence-electron chi connectivity index (χ4n) is 1.56. The maximum absolute atomic E-state index is 11.3. The van der Waals surface area contributed by atoms with Gasteiger partial charge in [-0.1, -0.05) is 0 Å². The molecule has 5 nitrogen and oxygen atoms in total. The Balaban J connectivity index is 2.67. The number of fused-ring (bicyclic) bond motifs is 2. The van der Waals surface area contributed by atoms with Crippen LogP contribution in [0.25, 0.3) is 21.9 Å². The number of hydrogen-bond donors (Lipinski definition) is 1. The molecule has 0 fully saturated rings. The second-order valence-electron chi connectivity index (χ2n) is 3.14. The van der Waals surface area contributed by atoms with Crippen molar-refractivity contribution in [1.82, 2.24) is 4.98 Å². The van der Waals surface area contributed by atoms with Crippen LogP contribution in [0.15, 0.2) is 43.1 Å². The Morgan fingerprint density at radius 1 is 0.867 bits per heavy atom. The van der Waals surface area contributed by atoms with E-state index in [1.54, 1.807) is 0 Å². The molecular formula is C10H5NO4. The highest BCUT2D eigenvalue weighted by atomic mass is 16.4. The van der Waals surface area contributed by atoms with Crippen LogP contribution in [-0.4, -0.2) is 4.98 Å². The third-order valence-electron chi connectivity index (χ3n) is 2.25. The summed E-state index contributed by atoms with van der Waals surface area (Å²) < 4.78 is 10.3. The van der Waals surface area contributed by atoms with Crippen LogP contribution in [0.3, 0.4) is 0 Å². The first-order chi connectivity index (χ1) is 7.25. The predicted octanol–water partition coefficient (Wildman–Crippen LogP) is 1.23. The number of rotatable bonds is 0. The molecular weight excluding hydrogens is 198 g/mol. The number of nitrogens with one attached hydrogen (secondary N) is 1. The maximum atomic E-state index is 11.3. The largest absolute Gasteiger partial charge is 0.458 e. The number of aromatic amines is 1. The summed E-state index contributed by atoms with van der Waals surface area (Å²) in [6.07, 6.45) is 2.73. The predicted molar refractivity (Wildman–Crippen MR) is 52.9 cm³/mol. The van der Waals surface area contributed by atoms with Gasteiger partial charge in [-0.3, -0.25) is 14.6 Å². The molecule has 0 atom stereocenters. The van der Waals surface area contributed by atoms with E-state index in [9.17, 15) is 9.59 Å². The van der Waals surface area contributed by atoms with E-state index in [0.717, 1.165) is 0 Å². The van der Waals surface area contributed by atoms with Crippen molar-refractivity contribution in [2.24, 2.45) is 0 Å². The molecule has 0 aliphatic rings. The fourth-order valence-corrected chi connectivity index (χ4v) is 1.56. The van der Waals surface area contributed by atoms with Gasteiger partial charge < -0.3 is 8.83 Å². The normalized spacial score (nSPS) is 11.2. The van der Waals surface area contributed by atoms with E-state index in [2.05, 4.69) is 4.98 Å². The van der Waals surface area contributed by atoms with E-state index < -0.39 is 11.1 Å². The van der Waals surface area contributed by atoms with Crippen LogP contribution in [0.5, 0.6) is 0 Å². The molecule has 0 aliphatic heterocycles. The second kappa shape index (κ2) is 2.60. The summed E-state index contributed by atoms with van der Waals surface area (Å²) in [6, 6.07) is 2.99. The molecule has 0 saturated heterocycles. The van der Waals surface area contributed by atoms with Crippen LogP contribution in [-0.2, 0) is 0 Å². The molecule has 15 heavy (non-hydrogen) atoms. The van der Waals surface area contributed by atoms with E-state index in [-0.39, 0.29) is 0 Å². The lowest BCUT2D eigenvalue weighted by molar-refractivity contribution is 0.510. The average Bonchev–Trinajstić information content (AvgIpc) is 2.52. The number of hydrogen-bond acceptors (Lipinski definition) is 4. The van der Waals surface area contributed by atoms with Crippen molar-refractivity contribution in [2.75, 3.05) is 0 Å². The molecule has 5 heteroatoms. The molecule has 0 radical (unpaired) electrons. The highest BCUT2D eigenvalue weighted by Gasteiger charge is 2.08. The molecule has 0 saturated carbocycles. The number of aromatic nitrogens is 1. The van der Waals surface area contributed by atoms with Gasteiger partial charge in [0.15, 0.2) is 11.2 Å².